The summed E-state index contributed by atoms with van der Waals surface area (Å²) in [7, 11) is 0. The first-order valence-electron chi connectivity index (χ1n) is 7.00. The zero-order valence-electron chi connectivity index (χ0n) is 12.0. The van der Waals surface area contributed by atoms with Crippen LogP contribution in [0.4, 0.5) is 0 Å². The van der Waals surface area contributed by atoms with E-state index in [1.165, 1.54) is 12.1 Å². The van der Waals surface area contributed by atoms with Gasteiger partial charge in [0.05, 0.1) is 18.8 Å². The van der Waals surface area contributed by atoms with Gasteiger partial charge in [-0.25, -0.2) is 4.79 Å². The minimum absolute atomic E-state index is 0.226. The Balaban J connectivity index is 1.64. The molecule has 0 amide bonds. The molecule has 0 aliphatic rings. The van der Waals surface area contributed by atoms with Crippen molar-refractivity contribution in [3.8, 4) is 11.5 Å². The summed E-state index contributed by atoms with van der Waals surface area (Å²) in [5, 5.41) is 9.58. The van der Waals surface area contributed by atoms with Gasteiger partial charge in [-0.3, -0.25) is 0 Å². The summed E-state index contributed by atoms with van der Waals surface area (Å²) in [5.74, 6) is 0.403. The molecule has 0 radical (unpaired) electrons. The Morgan fingerprint density at radius 3 is 2.23 bits per heavy atom. The van der Waals surface area contributed by atoms with Gasteiger partial charge in [-0.2, -0.15) is 0 Å². The van der Waals surface area contributed by atoms with Crippen molar-refractivity contribution in [1.82, 2.24) is 0 Å². The number of benzene rings is 2. The lowest BCUT2D eigenvalue weighted by molar-refractivity contribution is 0.0696. The number of aromatic carboxylic acids is 1. The van der Waals surface area contributed by atoms with Crippen molar-refractivity contribution in [2.75, 3.05) is 13.2 Å². The number of halogens is 1. The molecule has 22 heavy (non-hydrogen) atoms. The molecule has 0 bridgehead atoms. The quantitative estimate of drug-likeness (QED) is 0.738. The van der Waals surface area contributed by atoms with Crippen LogP contribution in [-0.2, 0) is 0 Å². The van der Waals surface area contributed by atoms with Crippen LogP contribution in [0.2, 0.25) is 5.02 Å². The van der Waals surface area contributed by atoms with Crippen LogP contribution in [0.15, 0.2) is 48.5 Å². The molecule has 0 heterocycles. The molecule has 0 atom stereocenters. The van der Waals surface area contributed by atoms with Gasteiger partial charge in [-0.05, 0) is 55.3 Å². The van der Waals surface area contributed by atoms with Gasteiger partial charge in [0, 0.05) is 5.02 Å². The van der Waals surface area contributed by atoms with Gasteiger partial charge >= 0.3 is 5.97 Å². The molecular weight excluding hydrogens is 304 g/mol. The van der Waals surface area contributed by atoms with Crippen LogP contribution in [0.25, 0.3) is 0 Å². The van der Waals surface area contributed by atoms with E-state index in [1.54, 1.807) is 24.3 Å². The number of carboxylic acids is 1. The monoisotopic (exact) mass is 320 g/mol. The van der Waals surface area contributed by atoms with Gasteiger partial charge in [-0.1, -0.05) is 17.7 Å². The van der Waals surface area contributed by atoms with E-state index < -0.39 is 5.97 Å². The molecule has 5 heteroatoms. The Hall–Kier alpha value is -2.20. The third-order valence-corrected chi connectivity index (χ3v) is 3.22. The first kappa shape index (κ1) is 16.2. The van der Waals surface area contributed by atoms with Crippen molar-refractivity contribution in [3.63, 3.8) is 0 Å². The molecule has 116 valence electrons. The van der Waals surface area contributed by atoms with Crippen LogP contribution < -0.4 is 9.47 Å². The molecule has 0 unspecified atom stereocenters. The zero-order valence-corrected chi connectivity index (χ0v) is 12.8. The van der Waals surface area contributed by atoms with E-state index in [0.717, 1.165) is 18.6 Å². The van der Waals surface area contributed by atoms with Gasteiger partial charge in [0.15, 0.2) is 0 Å². The molecule has 2 aromatic carbocycles. The third-order valence-electron chi connectivity index (χ3n) is 2.97. The molecule has 0 fully saturated rings. The highest BCUT2D eigenvalue weighted by Gasteiger charge is 2.03. The molecule has 1 N–H and O–H groups in total. The average molecular weight is 321 g/mol. The number of rotatable bonds is 8. The number of hydrogen-bond acceptors (Lipinski definition) is 3. The molecule has 2 rings (SSSR count). The van der Waals surface area contributed by atoms with E-state index in [1.807, 2.05) is 12.1 Å². The molecule has 0 aliphatic heterocycles. The summed E-state index contributed by atoms with van der Waals surface area (Å²) >= 11 is 5.79. The second-order valence-electron chi connectivity index (χ2n) is 4.69. The largest absolute Gasteiger partial charge is 0.494 e. The lowest BCUT2D eigenvalue weighted by Crippen LogP contribution is -2.03. The molecule has 0 aromatic heterocycles. The van der Waals surface area contributed by atoms with Crippen molar-refractivity contribution in [1.29, 1.82) is 0 Å². The van der Waals surface area contributed by atoms with Gasteiger partial charge in [0.1, 0.15) is 11.5 Å². The van der Waals surface area contributed by atoms with Gasteiger partial charge in [0.25, 0.3) is 0 Å². The van der Waals surface area contributed by atoms with Crippen LogP contribution >= 0.6 is 11.6 Å². The zero-order chi connectivity index (χ0) is 15.8. The summed E-state index contributed by atoms with van der Waals surface area (Å²) in [4.78, 5) is 10.8. The maximum Gasteiger partial charge on any atom is 0.335 e. The molecule has 0 spiro atoms. The van der Waals surface area contributed by atoms with Gasteiger partial charge < -0.3 is 14.6 Å². The fourth-order valence-corrected chi connectivity index (χ4v) is 1.96. The maximum atomic E-state index is 10.8. The first-order chi connectivity index (χ1) is 10.6. The lowest BCUT2D eigenvalue weighted by atomic mass is 10.2. The lowest BCUT2D eigenvalue weighted by Gasteiger charge is -2.08. The fraction of sp³-hybridized carbons (Fsp3) is 0.235. The molecule has 0 saturated heterocycles. The maximum absolute atomic E-state index is 10.8. The second kappa shape index (κ2) is 8.29. The number of carboxylic acid groups (broad SMARTS) is 1. The van der Waals surface area contributed by atoms with Crippen LogP contribution in [0.3, 0.4) is 0 Å². The van der Waals surface area contributed by atoms with Gasteiger partial charge in [-0.15, -0.1) is 0 Å². The summed E-state index contributed by atoms with van der Waals surface area (Å²) in [6, 6.07) is 13.7. The number of ether oxygens (including phenoxy) is 2. The highest BCUT2D eigenvalue weighted by Crippen LogP contribution is 2.16. The summed E-state index contributed by atoms with van der Waals surface area (Å²) < 4.78 is 11.1. The number of unbranched alkanes of at least 4 members (excludes halogenated alkanes) is 1. The Morgan fingerprint density at radius 2 is 1.59 bits per heavy atom. The first-order valence-corrected chi connectivity index (χ1v) is 7.37. The predicted octanol–water partition coefficient (Wildman–Crippen LogP) is 4.28. The van der Waals surface area contributed by atoms with Crippen LogP contribution in [-0.4, -0.2) is 24.3 Å². The highest BCUT2D eigenvalue weighted by atomic mass is 35.5. The standard InChI is InChI=1S/C17H17ClO4/c18-14-6-8-15(9-7-14)21-10-1-2-11-22-16-5-3-4-13(12-16)17(19)20/h3-9,12H,1-2,10-11H2,(H,19,20). The predicted molar refractivity (Wildman–Crippen MR) is 85.1 cm³/mol. The Morgan fingerprint density at radius 1 is 0.955 bits per heavy atom. The second-order valence-corrected chi connectivity index (χ2v) is 5.13. The van der Waals surface area contributed by atoms with Crippen LogP contribution in [0.1, 0.15) is 23.2 Å². The van der Waals surface area contributed by atoms with E-state index in [-0.39, 0.29) is 5.56 Å². The van der Waals surface area contributed by atoms with E-state index >= 15 is 0 Å². The highest BCUT2D eigenvalue weighted by molar-refractivity contribution is 6.30. The van der Waals surface area contributed by atoms with E-state index in [9.17, 15) is 4.79 Å². The molecule has 0 aliphatic carbocycles. The average Bonchev–Trinajstić information content (AvgIpc) is 2.52. The SMILES string of the molecule is O=C(O)c1cccc(OCCCCOc2ccc(Cl)cc2)c1. The van der Waals surface area contributed by atoms with Crippen molar-refractivity contribution in [3.05, 3.63) is 59.1 Å². The van der Waals surface area contributed by atoms with E-state index in [0.29, 0.717) is 24.0 Å². The minimum Gasteiger partial charge on any atom is -0.494 e. The molecule has 4 nitrogen and oxygen atoms in total. The Labute approximate surface area is 134 Å². The topological polar surface area (TPSA) is 55.8 Å². The summed E-state index contributed by atoms with van der Waals surface area (Å²) in [6.45, 7) is 1.12. The molecule has 2 aromatic rings. The number of hydrogen-bond donors (Lipinski definition) is 1. The van der Waals surface area contributed by atoms with Gasteiger partial charge in [0.2, 0.25) is 0 Å². The van der Waals surface area contributed by atoms with Crippen molar-refractivity contribution < 1.29 is 19.4 Å². The molecule has 0 saturated carbocycles. The summed E-state index contributed by atoms with van der Waals surface area (Å²) in [6.07, 6.45) is 1.67. The number of carbonyl (C=O) groups is 1. The fourth-order valence-electron chi connectivity index (χ4n) is 1.83. The van der Waals surface area contributed by atoms with E-state index in [4.69, 9.17) is 26.2 Å². The third kappa shape index (κ3) is 5.30. The minimum atomic E-state index is -0.957. The molecular formula is C17H17ClO4. The Kier molecular flexibility index (Phi) is 6.10. The van der Waals surface area contributed by atoms with Crippen molar-refractivity contribution in [2.45, 2.75) is 12.8 Å². The Bertz CT molecular complexity index is 610. The van der Waals surface area contributed by atoms with Crippen LogP contribution in [0.5, 0.6) is 11.5 Å². The van der Waals surface area contributed by atoms with E-state index in [2.05, 4.69) is 0 Å². The van der Waals surface area contributed by atoms with Crippen LogP contribution in [0, 0.1) is 0 Å². The van der Waals surface area contributed by atoms with Crippen molar-refractivity contribution in [2.24, 2.45) is 0 Å². The van der Waals surface area contributed by atoms with Crippen molar-refractivity contribution >= 4 is 17.6 Å². The summed E-state index contributed by atoms with van der Waals surface area (Å²) in [5.41, 5.74) is 0.226. The smallest absolute Gasteiger partial charge is 0.335 e. The normalized spacial score (nSPS) is 10.2.